The molecule has 1 rings (SSSR count). The number of likely N-dealkylation sites (N-methyl/N-ethyl adjacent to an activating group) is 1. The fraction of sp³-hybridized carbons (Fsp3) is 0.300. The monoisotopic (exact) mass is 231 g/mol. The number of hydrogen-bond acceptors (Lipinski definition) is 2. The first-order valence-corrected chi connectivity index (χ1v) is 4.57. The largest absolute Gasteiger partial charge is 0.435 e. The molecule has 0 fully saturated rings. The highest BCUT2D eigenvalue weighted by atomic mass is 19.4. The molecule has 1 aromatic heterocycles. The molecule has 0 amide bonds. The molecule has 3 nitrogen and oxygen atoms in total. The summed E-state index contributed by atoms with van der Waals surface area (Å²) in [5.41, 5.74) is -0.198. The Bertz CT molecular complexity index is 390. The van der Waals surface area contributed by atoms with Crippen molar-refractivity contribution in [1.29, 1.82) is 0 Å². The van der Waals surface area contributed by atoms with Crippen molar-refractivity contribution < 1.29 is 13.2 Å². The van der Waals surface area contributed by atoms with Gasteiger partial charge in [0.05, 0.1) is 6.54 Å². The third kappa shape index (κ3) is 3.45. The topological polar surface area (TPSA) is 29.9 Å². The van der Waals surface area contributed by atoms with Gasteiger partial charge >= 0.3 is 6.18 Å². The number of aromatic nitrogens is 2. The summed E-state index contributed by atoms with van der Waals surface area (Å²) in [6.07, 6.45) is 0.250. The second-order valence-corrected chi connectivity index (χ2v) is 3.10. The van der Waals surface area contributed by atoms with Crippen molar-refractivity contribution in [3.05, 3.63) is 42.4 Å². The van der Waals surface area contributed by atoms with Gasteiger partial charge in [-0.2, -0.15) is 18.3 Å². The summed E-state index contributed by atoms with van der Waals surface area (Å²) < 4.78 is 37.8. The van der Waals surface area contributed by atoms with Gasteiger partial charge in [-0.25, -0.2) is 0 Å². The molecule has 0 saturated heterocycles. The number of halogens is 3. The van der Waals surface area contributed by atoms with Gasteiger partial charge in [-0.3, -0.25) is 4.68 Å². The van der Waals surface area contributed by atoms with Crippen LogP contribution in [0.1, 0.15) is 5.69 Å². The average Bonchev–Trinajstić information content (AvgIpc) is 2.65. The molecule has 0 atom stereocenters. The standard InChI is InChI=1S/C10H12F3N3/c1-8(14-2)4-3-6-16-7-5-9(15-16)10(11,12)13/h3-5,7,14H,1,6H2,2H3/b4-3-. The van der Waals surface area contributed by atoms with Crippen LogP contribution in [0.25, 0.3) is 0 Å². The zero-order valence-corrected chi connectivity index (χ0v) is 8.75. The minimum atomic E-state index is -4.39. The quantitative estimate of drug-likeness (QED) is 0.805. The van der Waals surface area contributed by atoms with Gasteiger partial charge in [0, 0.05) is 18.9 Å². The molecule has 0 aliphatic carbocycles. The van der Waals surface area contributed by atoms with E-state index in [0.717, 1.165) is 6.07 Å². The van der Waals surface area contributed by atoms with Crippen molar-refractivity contribution in [1.82, 2.24) is 15.1 Å². The number of rotatable bonds is 4. The first-order chi connectivity index (χ1) is 7.43. The number of allylic oxidation sites excluding steroid dienone is 2. The zero-order valence-electron chi connectivity index (χ0n) is 8.75. The molecule has 1 aromatic rings. The van der Waals surface area contributed by atoms with Gasteiger partial charge < -0.3 is 5.32 Å². The predicted octanol–water partition coefficient (Wildman–Crippen LogP) is 2.19. The summed E-state index contributed by atoms with van der Waals surface area (Å²) in [7, 11) is 1.71. The molecule has 0 bridgehead atoms. The summed E-state index contributed by atoms with van der Waals surface area (Å²) in [5.74, 6) is 0. The van der Waals surface area contributed by atoms with Crippen molar-refractivity contribution in [3.8, 4) is 0 Å². The van der Waals surface area contributed by atoms with Crippen LogP contribution in [0.5, 0.6) is 0 Å². The summed E-state index contributed by atoms with van der Waals surface area (Å²) in [4.78, 5) is 0. The lowest BCUT2D eigenvalue weighted by atomic mass is 10.4. The van der Waals surface area contributed by atoms with Crippen molar-refractivity contribution in [2.75, 3.05) is 7.05 Å². The first kappa shape index (κ1) is 12.4. The molecule has 6 heteroatoms. The number of hydrogen-bond donors (Lipinski definition) is 1. The van der Waals surface area contributed by atoms with E-state index < -0.39 is 11.9 Å². The van der Waals surface area contributed by atoms with Crippen molar-refractivity contribution in [3.63, 3.8) is 0 Å². The summed E-state index contributed by atoms with van der Waals surface area (Å²) in [6.45, 7) is 3.92. The van der Waals surface area contributed by atoms with E-state index >= 15 is 0 Å². The molecule has 1 N–H and O–H groups in total. The normalized spacial score (nSPS) is 12.0. The minimum Gasteiger partial charge on any atom is -0.389 e. The Balaban J connectivity index is 2.60. The molecule has 0 saturated carbocycles. The SMILES string of the molecule is C=C(/C=C\Cn1ccc(C(F)(F)F)n1)NC. The molecule has 0 aromatic carbocycles. The first-order valence-electron chi connectivity index (χ1n) is 4.57. The lowest BCUT2D eigenvalue weighted by Gasteiger charge is -2.01. The maximum Gasteiger partial charge on any atom is 0.435 e. The van der Waals surface area contributed by atoms with E-state index in [0.29, 0.717) is 5.70 Å². The highest BCUT2D eigenvalue weighted by molar-refractivity contribution is 5.11. The van der Waals surface area contributed by atoms with Crippen molar-refractivity contribution in [2.24, 2.45) is 0 Å². The van der Waals surface area contributed by atoms with Gasteiger partial charge in [-0.15, -0.1) is 0 Å². The molecule has 1 heterocycles. The maximum atomic E-state index is 12.2. The molecular weight excluding hydrogens is 219 g/mol. The molecular formula is C10H12F3N3. The Hall–Kier alpha value is -1.72. The number of nitrogens with zero attached hydrogens (tertiary/aromatic N) is 2. The fourth-order valence-corrected chi connectivity index (χ4v) is 1.00. The van der Waals surface area contributed by atoms with Gasteiger partial charge in [0.2, 0.25) is 0 Å². The van der Waals surface area contributed by atoms with E-state index in [2.05, 4.69) is 17.0 Å². The highest BCUT2D eigenvalue weighted by Gasteiger charge is 2.33. The molecule has 0 aliphatic heterocycles. The lowest BCUT2D eigenvalue weighted by molar-refractivity contribution is -0.141. The second-order valence-electron chi connectivity index (χ2n) is 3.10. The van der Waals surface area contributed by atoms with Crippen LogP contribution < -0.4 is 5.32 Å². The smallest absolute Gasteiger partial charge is 0.389 e. The third-order valence-electron chi connectivity index (χ3n) is 1.86. The van der Waals surface area contributed by atoms with Crippen LogP contribution in [0.2, 0.25) is 0 Å². The van der Waals surface area contributed by atoms with E-state index in [9.17, 15) is 13.2 Å². The van der Waals surface area contributed by atoms with Crippen LogP contribution in [0, 0.1) is 0 Å². The van der Waals surface area contributed by atoms with E-state index in [1.54, 1.807) is 19.2 Å². The number of alkyl halides is 3. The molecule has 0 aliphatic rings. The van der Waals surface area contributed by atoms with Gasteiger partial charge in [-0.1, -0.05) is 12.7 Å². The maximum absolute atomic E-state index is 12.2. The third-order valence-corrected chi connectivity index (χ3v) is 1.86. The highest BCUT2D eigenvalue weighted by Crippen LogP contribution is 2.27. The Morgan fingerprint density at radius 3 is 2.81 bits per heavy atom. The molecule has 0 radical (unpaired) electrons. The van der Waals surface area contributed by atoms with E-state index in [-0.39, 0.29) is 6.54 Å². The van der Waals surface area contributed by atoms with E-state index in [4.69, 9.17) is 0 Å². The van der Waals surface area contributed by atoms with Crippen LogP contribution in [0.4, 0.5) is 13.2 Å². The van der Waals surface area contributed by atoms with Crippen molar-refractivity contribution >= 4 is 0 Å². The molecule has 0 spiro atoms. The zero-order chi connectivity index (χ0) is 12.2. The van der Waals surface area contributed by atoms with Crippen LogP contribution >= 0.6 is 0 Å². The predicted molar refractivity (Wildman–Crippen MR) is 54.6 cm³/mol. The number of nitrogens with one attached hydrogen (secondary N) is 1. The second kappa shape index (κ2) is 4.87. The Morgan fingerprint density at radius 1 is 1.62 bits per heavy atom. The van der Waals surface area contributed by atoms with Crippen LogP contribution in [0.15, 0.2) is 36.7 Å². The van der Waals surface area contributed by atoms with Crippen LogP contribution in [0.3, 0.4) is 0 Å². The van der Waals surface area contributed by atoms with Gasteiger partial charge in [-0.05, 0) is 12.1 Å². The van der Waals surface area contributed by atoms with Gasteiger partial charge in [0.1, 0.15) is 0 Å². The Kier molecular flexibility index (Phi) is 3.76. The lowest BCUT2D eigenvalue weighted by Crippen LogP contribution is -2.07. The van der Waals surface area contributed by atoms with E-state index in [1.807, 2.05) is 0 Å². The average molecular weight is 231 g/mol. The summed E-state index contributed by atoms with van der Waals surface area (Å²) >= 11 is 0. The summed E-state index contributed by atoms with van der Waals surface area (Å²) in [5, 5.41) is 6.18. The summed E-state index contributed by atoms with van der Waals surface area (Å²) in [6, 6.07) is 0.945. The van der Waals surface area contributed by atoms with Gasteiger partial charge in [0.15, 0.2) is 5.69 Å². The Labute approximate surface area is 91.3 Å². The fourth-order valence-electron chi connectivity index (χ4n) is 1.00. The van der Waals surface area contributed by atoms with Crippen LogP contribution in [-0.2, 0) is 12.7 Å². The van der Waals surface area contributed by atoms with Crippen LogP contribution in [-0.4, -0.2) is 16.8 Å². The minimum absolute atomic E-state index is 0.275. The molecule has 0 unspecified atom stereocenters. The van der Waals surface area contributed by atoms with Gasteiger partial charge in [0.25, 0.3) is 0 Å². The molecule has 16 heavy (non-hydrogen) atoms. The van der Waals surface area contributed by atoms with E-state index in [1.165, 1.54) is 10.9 Å². The van der Waals surface area contributed by atoms with Crippen molar-refractivity contribution in [2.45, 2.75) is 12.7 Å². The molecule has 88 valence electrons. The Morgan fingerprint density at radius 2 is 2.31 bits per heavy atom.